The van der Waals surface area contributed by atoms with Crippen molar-refractivity contribution in [1.82, 2.24) is 19.9 Å². The van der Waals surface area contributed by atoms with Gasteiger partial charge in [0.1, 0.15) is 17.8 Å². The van der Waals surface area contributed by atoms with Gasteiger partial charge in [0, 0.05) is 62.7 Å². The van der Waals surface area contributed by atoms with Gasteiger partial charge < -0.3 is 24.8 Å². The summed E-state index contributed by atoms with van der Waals surface area (Å²) in [6.07, 6.45) is 7.11. The van der Waals surface area contributed by atoms with Crippen LogP contribution in [0.2, 0.25) is 0 Å². The van der Waals surface area contributed by atoms with Crippen LogP contribution in [-0.2, 0) is 19.4 Å². The Bertz CT molecular complexity index is 1750. The van der Waals surface area contributed by atoms with Gasteiger partial charge in [0.15, 0.2) is 9.84 Å². The molecule has 0 spiro atoms. The predicted octanol–water partition coefficient (Wildman–Crippen LogP) is 4.19. The Balaban J connectivity index is 1.19. The Morgan fingerprint density at radius 2 is 1.89 bits per heavy atom. The highest BCUT2D eigenvalue weighted by molar-refractivity contribution is 7.92. The molecule has 1 aromatic carbocycles. The van der Waals surface area contributed by atoms with Gasteiger partial charge in [0.05, 0.1) is 29.7 Å². The number of nitrogens with one attached hydrogen (secondary N) is 1. The number of ether oxygens (including phenoxy) is 1. The van der Waals surface area contributed by atoms with E-state index in [-0.39, 0.29) is 29.7 Å². The summed E-state index contributed by atoms with van der Waals surface area (Å²) in [5.74, 6) is 1.89. The third-order valence-electron chi connectivity index (χ3n) is 10.1. The molecule has 7 rings (SSSR count). The number of carbonyl (C=O) groups excluding carboxylic acids is 1. The SMILES string of the molecule is C=CC(=O)N1CCC[C@H]1c1ccc(N2CC([C@@H]3CCCS3(=O)=O)C2)c2cnc(Nc3ccnc(N4CC[C@@H](OC)[C@@H](F)C4)n3)cc12. The van der Waals surface area contributed by atoms with E-state index in [1.54, 1.807) is 12.3 Å². The molecule has 0 radical (unpaired) electrons. The van der Waals surface area contributed by atoms with Gasteiger partial charge in [0.25, 0.3) is 0 Å². The minimum Gasteiger partial charge on any atom is -0.378 e. The number of fused-ring (bicyclic) bond motifs is 1. The van der Waals surface area contributed by atoms with E-state index in [2.05, 4.69) is 38.9 Å². The molecule has 4 atom stereocenters. The molecule has 0 aliphatic carbocycles. The zero-order valence-corrected chi connectivity index (χ0v) is 26.8. The highest BCUT2D eigenvalue weighted by Crippen LogP contribution is 2.42. The zero-order valence-electron chi connectivity index (χ0n) is 26.0. The molecular weight excluding hydrogens is 609 g/mol. The largest absolute Gasteiger partial charge is 0.378 e. The van der Waals surface area contributed by atoms with Crippen molar-refractivity contribution in [2.45, 2.75) is 55.7 Å². The van der Waals surface area contributed by atoms with Crippen molar-refractivity contribution >= 4 is 49.8 Å². The number of benzene rings is 1. The third kappa shape index (κ3) is 5.68. The van der Waals surface area contributed by atoms with Crippen LogP contribution in [0.3, 0.4) is 0 Å². The van der Waals surface area contributed by atoms with E-state index >= 15 is 0 Å². The molecule has 2 aromatic heterocycles. The number of rotatable bonds is 8. The Hall–Kier alpha value is -3.84. The highest BCUT2D eigenvalue weighted by atomic mass is 32.2. The second-order valence-electron chi connectivity index (χ2n) is 12.8. The first-order chi connectivity index (χ1) is 22.3. The number of methoxy groups -OCH3 is 1. The van der Waals surface area contributed by atoms with Gasteiger partial charge in [-0.3, -0.25) is 4.79 Å². The summed E-state index contributed by atoms with van der Waals surface area (Å²) in [7, 11) is -1.48. The normalized spacial score (nSPS) is 26.3. The number of pyridine rings is 1. The van der Waals surface area contributed by atoms with Gasteiger partial charge in [-0.25, -0.2) is 22.8 Å². The lowest BCUT2D eigenvalue weighted by atomic mass is 9.91. The first kappa shape index (κ1) is 30.8. The van der Waals surface area contributed by atoms with E-state index in [1.807, 2.05) is 22.1 Å². The molecule has 13 heteroatoms. The van der Waals surface area contributed by atoms with Crippen molar-refractivity contribution in [3.8, 4) is 0 Å². The molecule has 4 saturated heterocycles. The predicted molar refractivity (Wildman–Crippen MR) is 176 cm³/mol. The van der Waals surface area contributed by atoms with Crippen LogP contribution < -0.4 is 15.1 Å². The molecule has 0 saturated carbocycles. The highest BCUT2D eigenvalue weighted by Gasteiger charge is 2.43. The number of nitrogens with zero attached hydrogens (tertiary/aromatic N) is 6. The number of amides is 1. The van der Waals surface area contributed by atoms with Crippen molar-refractivity contribution in [3.63, 3.8) is 0 Å². The standard InChI is InChI=1S/C33H40FN7O4S/c1-3-32(42)41-13-4-6-27(41)22-8-9-26(40-18-21(19-40)29-7-5-15-46(29,43)44)24-17-36-31(16-23(22)24)37-30-10-12-35-33(38-30)39-14-11-28(45-2)25(34)20-39/h3,8-10,12,16-17,21,25,27-29H,1,4-7,11,13-15,18-20H2,2H3,(H,35,36,37,38)/t25-,27-,28+,29-/m0/s1. The summed E-state index contributed by atoms with van der Waals surface area (Å²) in [5.41, 5.74) is 2.04. The van der Waals surface area contributed by atoms with Crippen LogP contribution >= 0.6 is 0 Å². The summed E-state index contributed by atoms with van der Waals surface area (Å²) < 4.78 is 45.0. The molecule has 6 heterocycles. The quantitative estimate of drug-likeness (QED) is 0.356. The lowest BCUT2D eigenvalue weighted by Crippen LogP contribution is -2.53. The lowest BCUT2D eigenvalue weighted by molar-refractivity contribution is -0.126. The van der Waals surface area contributed by atoms with Crippen molar-refractivity contribution in [2.24, 2.45) is 5.92 Å². The van der Waals surface area contributed by atoms with Gasteiger partial charge >= 0.3 is 0 Å². The van der Waals surface area contributed by atoms with E-state index in [1.165, 1.54) is 13.2 Å². The fourth-order valence-corrected chi connectivity index (χ4v) is 9.83. The van der Waals surface area contributed by atoms with Crippen molar-refractivity contribution in [2.75, 3.05) is 60.7 Å². The molecule has 0 unspecified atom stereocenters. The lowest BCUT2D eigenvalue weighted by Gasteiger charge is -2.44. The van der Waals surface area contributed by atoms with Crippen LogP contribution in [0.25, 0.3) is 10.8 Å². The van der Waals surface area contributed by atoms with Gasteiger partial charge in [-0.15, -0.1) is 0 Å². The van der Waals surface area contributed by atoms with Crippen molar-refractivity contribution in [1.29, 1.82) is 0 Å². The number of anilines is 4. The monoisotopic (exact) mass is 649 g/mol. The summed E-state index contributed by atoms with van der Waals surface area (Å²) in [5, 5.41) is 4.99. The Kier molecular flexibility index (Phi) is 8.30. The fraction of sp³-hybridized carbons (Fsp3) is 0.515. The molecule has 11 nitrogen and oxygen atoms in total. The van der Waals surface area contributed by atoms with Crippen LogP contribution in [0.1, 0.15) is 43.7 Å². The number of hydrogen-bond acceptors (Lipinski definition) is 10. The summed E-state index contributed by atoms with van der Waals surface area (Å²) in [4.78, 5) is 32.5. The number of piperidine rings is 1. The smallest absolute Gasteiger partial charge is 0.246 e. The van der Waals surface area contributed by atoms with E-state index in [4.69, 9.17) is 9.72 Å². The molecule has 1 amide bonds. The van der Waals surface area contributed by atoms with E-state index in [9.17, 15) is 17.6 Å². The van der Waals surface area contributed by atoms with E-state index in [0.717, 1.165) is 47.7 Å². The molecule has 4 aliphatic rings. The summed E-state index contributed by atoms with van der Waals surface area (Å²) in [6, 6.07) is 7.83. The summed E-state index contributed by atoms with van der Waals surface area (Å²) in [6.45, 7) is 6.51. The maximum Gasteiger partial charge on any atom is 0.246 e. The van der Waals surface area contributed by atoms with Crippen LogP contribution in [-0.4, -0.2) is 97.3 Å². The van der Waals surface area contributed by atoms with Gasteiger partial charge in [-0.2, -0.15) is 4.98 Å². The fourth-order valence-electron chi connectivity index (χ4n) is 7.67. The maximum atomic E-state index is 14.6. The van der Waals surface area contributed by atoms with Crippen LogP contribution in [0.4, 0.5) is 27.7 Å². The van der Waals surface area contributed by atoms with Crippen LogP contribution in [0.15, 0.2) is 49.3 Å². The van der Waals surface area contributed by atoms with E-state index in [0.29, 0.717) is 55.9 Å². The van der Waals surface area contributed by atoms with Gasteiger partial charge in [-0.1, -0.05) is 12.6 Å². The first-order valence-corrected chi connectivity index (χ1v) is 17.8. The maximum absolute atomic E-state index is 14.6. The first-order valence-electron chi connectivity index (χ1n) is 16.1. The molecular formula is C33H40FN7O4S. The Morgan fingerprint density at radius 3 is 2.63 bits per heavy atom. The second kappa shape index (κ2) is 12.4. The zero-order chi connectivity index (χ0) is 32.0. The Labute approximate surface area is 268 Å². The topological polar surface area (TPSA) is 121 Å². The third-order valence-corrected chi connectivity index (χ3v) is 12.5. The second-order valence-corrected chi connectivity index (χ2v) is 15.1. The number of hydrogen-bond donors (Lipinski definition) is 1. The molecule has 46 heavy (non-hydrogen) atoms. The van der Waals surface area contributed by atoms with Crippen LogP contribution in [0, 0.1) is 5.92 Å². The molecule has 1 N–H and O–H groups in total. The van der Waals surface area contributed by atoms with Gasteiger partial charge in [-0.05, 0) is 67.3 Å². The summed E-state index contributed by atoms with van der Waals surface area (Å²) >= 11 is 0. The average Bonchev–Trinajstić information content (AvgIpc) is 3.66. The molecule has 3 aromatic rings. The van der Waals surface area contributed by atoms with E-state index < -0.39 is 22.1 Å². The van der Waals surface area contributed by atoms with Crippen molar-refractivity contribution < 1.29 is 22.3 Å². The molecule has 4 aliphatic heterocycles. The molecule has 244 valence electrons. The molecule has 4 fully saturated rings. The Morgan fingerprint density at radius 1 is 1.04 bits per heavy atom. The number of aromatic nitrogens is 3. The number of likely N-dealkylation sites (tertiary alicyclic amines) is 1. The number of carbonyl (C=O) groups is 1. The minimum atomic E-state index is -3.01. The minimum absolute atomic E-state index is 0.0888. The van der Waals surface area contributed by atoms with Crippen LogP contribution in [0.5, 0.6) is 0 Å². The number of alkyl halides is 1. The number of sulfone groups is 1. The van der Waals surface area contributed by atoms with Gasteiger partial charge in [0.2, 0.25) is 11.9 Å². The average molecular weight is 650 g/mol. The van der Waals surface area contributed by atoms with Crippen molar-refractivity contribution in [3.05, 3.63) is 54.9 Å². The molecule has 0 bridgehead atoms. The number of halogens is 1.